The number of amides is 1. The Morgan fingerprint density at radius 1 is 1.40 bits per heavy atom. The summed E-state index contributed by atoms with van der Waals surface area (Å²) in [6.45, 7) is 2.54. The maximum absolute atomic E-state index is 11.9. The number of benzene rings is 1. The first kappa shape index (κ1) is 16.0. The zero-order valence-corrected chi connectivity index (χ0v) is 11.5. The predicted molar refractivity (Wildman–Crippen MR) is 75.7 cm³/mol. The Morgan fingerprint density at radius 2 is 2.10 bits per heavy atom. The molecule has 0 aromatic heterocycles. The SMILES string of the molecule is CCCOc1ccccc1NC(=O)C(N)CCC(=O)O. The van der Waals surface area contributed by atoms with Crippen molar-refractivity contribution in [3.63, 3.8) is 0 Å². The van der Waals surface area contributed by atoms with Gasteiger partial charge in [0.25, 0.3) is 0 Å². The predicted octanol–water partition coefficient (Wildman–Crippen LogP) is 1.61. The van der Waals surface area contributed by atoms with E-state index in [1.807, 2.05) is 13.0 Å². The molecule has 1 amide bonds. The Kier molecular flexibility index (Phi) is 6.52. The standard InChI is InChI=1S/C14H20N2O4/c1-2-9-20-12-6-4-3-5-11(12)16-14(19)10(15)7-8-13(17)18/h3-6,10H,2,7-9,15H2,1H3,(H,16,19)(H,17,18). The third-order valence-electron chi connectivity index (χ3n) is 2.61. The van der Waals surface area contributed by atoms with Crippen molar-refractivity contribution in [2.45, 2.75) is 32.2 Å². The molecule has 20 heavy (non-hydrogen) atoms. The molecule has 4 N–H and O–H groups in total. The van der Waals surface area contributed by atoms with Crippen LogP contribution in [0.15, 0.2) is 24.3 Å². The third kappa shape index (κ3) is 5.27. The number of rotatable bonds is 8. The van der Waals surface area contributed by atoms with Crippen molar-refractivity contribution in [1.29, 1.82) is 0 Å². The Bertz CT molecular complexity index is 462. The Morgan fingerprint density at radius 3 is 2.75 bits per heavy atom. The summed E-state index contributed by atoms with van der Waals surface area (Å²) in [7, 11) is 0. The monoisotopic (exact) mass is 280 g/mol. The number of hydrogen-bond acceptors (Lipinski definition) is 4. The summed E-state index contributed by atoms with van der Waals surface area (Å²) >= 11 is 0. The molecule has 1 rings (SSSR count). The molecular weight excluding hydrogens is 260 g/mol. The van der Waals surface area contributed by atoms with Crippen LogP contribution in [-0.4, -0.2) is 29.6 Å². The molecule has 0 saturated carbocycles. The lowest BCUT2D eigenvalue weighted by atomic mass is 10.1. The van der Waals surface area contributed by atoms with Gasteiger partial charge in [-0.3, -0.25) is 9.59 Å². The zero-order valence-electron chi connectivity index (χ0n) is 11.5. The number of anilines is 1. The summed E-state index contributed by atoms with van der Waals surface area (Å²) in [5.41, 5.74) is 6.19. The minimum atomic E-state index is -0.972. The number of hydrogen-bond donors (Lipinski definition) is 3. The molecule has 0 aliphatic heterocycles. The maximum Gasteiger partial charge on any atom is 0.303 e. The molecule has 1 unspecified atom stereocenters. The molecule has 0 bridgehead atoms. The molecule has 1 aromatic carbocycles. The van der Waals surface area contributed by atoms with E-state index in [0.717, 1.165) is 6.42 Å². The first-order valence-corrected chi connectivity index (χ1v) is 6.54. The smallest absolute Gasteiger partial charge is 0.303 e. The summed E-state index contributed by atoms with van der Waals surface area (Å²) in [5.74, 6) is -0.813. The number of carbonyl (C=O) groups excluding carboxylic acids is 1. The molecule has 0 aliphatic rings. The number of ether oxygens (including phenoxy) is 1. The molecule has 1 aromatic rings. The summed E-state index contributed by atoms with van der Waals surface area (Å²) in [6, 6.07) is 6.20. The van der Waals surface area contributed by atoms with Gasteiger partial charge in [0.2, 0.25) is 5.91 Å². The molecule has 0 aliphatic carbocycles. The van der Waals surface area contributed by atoms with E-state index in [1.165, 1.54) is 0 Å². The van der Waals surface area contributed by atoms with Gasteiger partial charge in [0, 0.05) is 6.42 Å². The number of para-hydroxylation sites is 2. The van der Waals surface area contributed by atoms with Gasteiger partial charge in [-0.15, -0.1) is 0 Å². The van der Waals surface area contributed by atoms with Crippen LogP contribution in [0.3, 0.4) is 0 Å². The van der Waals surface area contributed by atoms with Crippen LogP contribution in [0.5, 0.6) is 5.75 Å². The average Bonchev–Trinajstić information content (AvgIpc) is 2.43. The molecule has 0 spiro atoms. The Hall–Kier alpha value is -2.08. The van der Waals surface area contributed by atoms with Gasteiger partial charge in [-0.05, 0) is 25.0 Å². The fraction of sp³-hybridized carbons (Fsp3) is 0.429. The first-order chi connectivity index (χ1) is 9.54. The lowest BCUT2D eigenvalue weighted by molar-refractivity contribution is -0.137. The fourth-order valence-electron chi connectivity index (χ4n) is 1.54. The van der Waals surface area contributed by atoms with Gasteiger partial charge in [-0.1, -0.05) is 19.1 Å². The van der Waals surface area contributed by atoms with Gasteiger partial charge in [0.05, 0.1) is 18.3 Å². The lowest BCUT2D eigenvalue weighted by Gasteiger charge is -2.14. The van der Waals surface area contributed by atoms with Crippen molar-refractivity contribution in [3.8, 4) is 5.75 Å². The number of carboxylic acids is 1. The highest BCUT2D eigenvalue weighted by molar-refractivity contribution is 5.96. The highest BCUT2D eigenvalue weighted by Crippen LogP contribution is 2.24. The van der Waals surface area contributed by atoms with Crippen LogP contribution in [0.25, 0.3) is 0 Å². The fourth-order valence-corrected chi connectivity index (χ4v) is 1.54. The second kappa shape index (κ2) is 8.16. The molecule has 1 atom stereocenters. The number of nitrogens with one attached hydrogen (secondary N) is 1. The molecule has 6 heteroatoms. The summed E-state index contributed by atoms with van der Waals surface area (Å²) in [5, 5.41) is 11.2. The van der Waals surface area contributed by atoms with E-state index in [0.29, 0.717) is 18.0 Å². The van der Waals surface area contributed by atoms with Crippen molar-refractivity contribution in [2.24, 2.45) is 5.73 Å². The lowest BCUT2D eigenvalue weighted by Crippen LogP contribution is -2.36. The van der Waals surface area contributed by atoms with Crippen LogP contribution in [0.4, 0.5) is 5.69 Å². The van der Waals surface area contributed by atoms with E-state index in [2.05, 4.69) is 5.32 Å². The van der Waals surface area contributed by atoms with E-state index < -0.39 is 17.9 Å². The molecule has 0 saturated heterocycles. The van der Waals surface area contributed by atoms with Crippen molar-refractivity contribution < 1.29 is 19.4 Å². The molecular formula is C14H20N2O4. The average molecular weight is 280 g/mol. The van der Waals surface area contributed by atoms with Gasteiger partial charge in [-0.2, -0.15) is 0 Å². The van der Waals surface area contributed by atoms with E-state index in [-0.39, 0.29) is 12.8 Å². The van der Waals surface area contributed by atoms with Gasteiger partial charge < -0.3 is 20.9 Å². The molecule has 110 valence electrons. The van der Waals surface area contributed by atoms with Crippen LogP contribution in [-0.2, 0) is 9.59 Å². The van der Waals surface area contributed by atoms with E-state index in [4.69, 9.17) is 15.6 Å². The minimum absolute atomic E-state index is 0.0964. The Labute approximate surface area is 117 Å². The topological polar surface area (TPSA) is 102 Å². The van der Waals surface area contributed by atoms with Crippen LogP contribution < -0.4 is 15.8 Å². The molecule has 0 fully saturated rings. The first-order valence-electron chi connectivity index (χ1n) is 6.54. The van der Waals surface area contributed by atoms with Crippen molar-refractivity contribution in [3.05, 3.63) is 24.3 Å². The van der Waals surface area contributed by atoms with Crippen LogP contribution in [0.2, 0.25) is 0 Å². The second-order valence-electron chi connectivity index (χ2n) is 4.37. The normalized spacial score (nSPS) is 11.7. The maximum atomic E-state index is 11.9. The van der Waals surface area contributed by atoms with Gasteiger partial charge >= 0.3 is 5.97 Å². The van der Waals surface area contributed by atoms with E-state index in [9.17, 15) is 9.59 Å². The van der Waals surface area contributed by atoms with Crippen molar-refractivity contribution in [1.82, 2.24) is 0 Å². The van der Waals surface area contributed by atoms with Crippen LogP contribution >= 0.6 is 0 Å². The van der Waals surface area contributed by atoms with Gasteiger partial charge in [0.15, 0.2) is 0 Å². The number of carboxylic acid groups (broad SMARTS) is 1. The number of aliphatic carboxylic acids is 1. The van der Waals surface area contributed by atoms with Gasteiger partial charge in [0.1, 0.15) is 5.75 Å². The van der Waals surface area contributed by atoms with Crippen LogP contribution in [0, 0.1) is 0 Å². The van der Waals surface area contributed by atoms with Crippen molar-refractivity contribution >= 4 is 17.6 Å². The highest BCUT2D eigenvalue weighted by Gasteiger charge is 2.16. The largest absolute Gasteiger partial charge is 0.491 e. The summed E-state index contributed by atoms with van der Waals surface area (Å²) < 4.78 is 5.52. The van der Waals surface area contributed by atoms with Gasteiger partial charge in [-0.25, -0.2) is 0 Å². The quantitative estimate of drug-likeness (QED) is 0.671. The molecule has 0 heterocycles. The van der Waals surface area contributed by atoms with Crippen molar-refractivity contribution in [2.75, 3.05) is 11.9 Å². The number of nitrogens with two attached hydrogens (primary N) is 1. The minimum Gasteiger partial charge on any atom is -0.491 e. The highest BCUT2D eigenvalue weighted by atomic mass is 16.5. The summed E-state index contributed by atoms with van der Waals surface area (Å²) in [4.78, 5) is 22.3. The third-order valence-corrected chi connectivity index (χ3v) is 2.61. The summed E-state index contributed by atoms with van der Waals surface area (Å²) in [6.07, 6.45) is 0.822. The Balaban J connectivity index is 2.62. The van der Waals surface area contributed by atoms with E-state index in [1.54, 1.807) is 18.2 Å². The zero-order chi connectivity index (χ0) is 15.0. The molecule has 0 radical (unpaired) electrons. The van der Waals surface area contributed by atoms with E-state index >= 15 is 0 Å². The molecule has 6 nitrogen and oxygen atoms in total. The second-order valence-corrected chi connectivity index (χ2v) is 4.37. The van der Waals surface area contributed by atoms with Crippen LogP contribution in [0.1, 0.15) is 26.2 Å². The number of carbonyl (C=O) groups is 2.